The maximum Gasteiger partial charge on any atom is 0.297 e. The molecule has 86 valence electrons. The summed E-state index contributed by atoms with van der Waals surface area (Å²) in [7, 11) is 3.90. The van der Waals surface area contributed by atoms with Gasteiger partial charge in [0.1, 0.15) is 6.26 Å². The zero-order valence-electron chi connectivity index (χ0n) is 10.3. The van der Waals surface area contributed by atoms with Gasteiger partial charge >= 0.3 is 0 Å². The zero-order valence-corrected chi connectivity index (χ0v) is 10.3. The third-order valence-corrected chi connectivity index (χ3v) is 1.94. The minimum Gasteiger partial charge on any atom is -0.432 e. The third-order valence-electron chi connectivity index (χ3n) is 1.94. The van der Waals surface area contributed by atoms with E-state index in [0.29, 0.717) is 6.01 Å². The number of aromatic nitrogens is 1. The van der Waals surface area contributed by atoms with E-state index in [1.807, 2.05) is 19.0 Å². The molecule has 0 spiro atoms. The van der Waals surface area contributed by atoms with Gasteiger partial charge in [-0.15, -0.1) is 0 Å². The molecule has 1 aromatic heterocycles. The molecule has 0 fully saturated rings. The Morgan fingerprint density at radius 3 is 2.67 bits per heavy atom. The van der Waals surface area contributed by atoms with E-state index < -0.39 is 0 Å². The van der Waals surface area contributed by atoms with Gasteiger partial charge in [0.05, 0.1) is 5.69 Å². The van der Waals surface area contributed by atoms with Gasteiger partial charge in [-0.2, -0.15) is 4.98 Å². The van der Waals surface area contributed by atoms with Crippen LogP contribution < -0.4 is 10.2 Å². The van der Waals surface area contributed by atoms with Crippen LogP contribution in [0.5, 0.6) is 0 Å². The van der Waals surface area contributed by atoms with Crippen molar-refractivity contribution in [3.05, 3.63) is 12.0 Å². The van der Waals surface area contributed by atoms with Gasteiger partial charge in [0.15, 0.2) is 0 Å². The Morgan fingerprint density at radius 2 is 2.13 bits per heavy atom. The number of nitrogens with one attached hydrogen (secondary N) is 1. The first-order valence-electron chi connectivity index (χ1n) is 5.22. The zero-order chi connectivity index (χ0) is 11.5. The molecular formula is C11H21N3O. The van der Waals surface area contributed by atoms with Crippen molar-refractivity contribution in [2.75, 3.05) is 25.5 Å². The number of hydrogen-bond donors (Lipinski definition) is 1. The van der Waals surface area contributed by atoms with Crippen LogP contribution in [0.2, 0.25) is 0 Å². The molecular weight excluding hydrogens is 190 g/mol. The Balaban J connectivity index is 2.61. The summed E-state index contributed by atoms with van der Waals surface area (Å²) < 4.78 is 5.40. The first-order valence-corrected chi connectivity index (χ1v) is 5.22. The second-order valence-corrected chi connectivity index (χ2v) is 5.07. The largest absolute Gasteiger partial charge is 0.432 e. The average molecular weight is 211 g/mol. The van der Waals surface area contributed by atoms with E-state index in [2.05, 4.69) is 31.1 Å². The van der Waals surface area contributed by atoms with Gasteiger partial charge in [0, 0.05) is 20.1 Å². The predicted octanol–water partition coefficient (Wildman–Crippen LogP) is 1.88. The lowest BCUT2D eigenvalue weighted by molar-refractivity contribution is 0.403. The molecule has 0 aromatic carbocycles. The van der Waals surface area contributed by atoms with Gasteiger partial charge in [-0.05, 0) is 12.5 Å². The Labute approximate surface area is 91.7 Å². The molecule has 0 aliphatic rings. The predicted molar refractivity (Wildman–Crippen MR) is 62.0 cm³/mol. The van der Waals surface area contributed by atoms with E-state index in [1.165, 1.54) is 0 Å². The molecule has 0 unspecified atom stereocenters. The van der Waals surface area contributed by atoms with Crippen LogP contribution in [0.1, 0.15) is 26.5 Å². The molecule has 4 nitrogen and oxygen atoms in total. The van der Waals surface area contributed by atoms with Crippen molar-refractivity contribution in [3.63, 3.8) is 0 Å². The first-order chi connectivity index (χ1) is 6.92. The quantitative estimate of drug-likeness (QED) is 0.825. The fourth-order valence-corrected chi connectivity index (χ4v) is 1.51. The van der Waals surface area contributed by atoms with Crippen molar-refractivity contribution in [1.29, 1.82) is 0 Å². The van der Waals surface area contributed by atoms with Crippen LogP contribution in [0.15, 0.2) is 10.7 Å². The van der Waals surface area contributed by atoms with Crippen molar-refractivity contribution in [2.45, 2.75) is 27.3 Å². The van der Waals surface area contributed by atoms with Crippen LogP contribution >= 0.6 is 0 Å². The highest BCUT2D eigenvalue weighted by Crippen LogP contribution is 2.19. The van der Waals surface area contributed by atoms with E-state index in [0.717, 1.165) is 18.8 Å². The van der Waals surface area contributed by atoms with Crippen LogP contribution in [0.25, 0.3) is 0 Å². The van der Waals surface area contributed by atoms with E-state index >= 15 is 0 Å². The maximum absolute atomic E-state index is 5.40. The number of anilines is 1. The minimum absolute atomic E-state index is 0.242. The lowest BCUT2D eigenvalue weighted by Gasteiger charge is -2.25. The number of rotatable bonds is 4. The Bertz CT molecular complexity index is 301. The van der Waals surface area contributed by atoms with Crippen molar-refractivity contribution < 1.29 is 4.42 Å². The molecule has 1 N–H and O–H groups in total. The monoisotopic (exact) mass is 211 g/mol. The lowest BCUT2D eigenvalue weighted by Crippen LogP contribution is -2.29. The van der Waals surface area contributed by atoms with Crippen molar-refractivity contribution >= 4 is 6.01 Å². The molecule has 0 bridgehead atoms. The molecule has 4 heteroatoms. The summed E-state index contributed by atoms with van der Waals surface area (Å²) in [6, 6.07) is 0.690. The fraction of sp³-hybridized carbons (Fsp3) is 0.727. The number of oxazole rings is 1. The van der Waals surface area contributed by atoms with Gasteiger partial charge in [-0.3, -0.25) is 0 Å². The first kappa shape index (κ1) is 12.0. The van der Waals surface area contributed by atoms with Crippen LogP contribution in [0, 0.1) is 5.41 Å². The molecule has 0 amide bonds. The summed E-state index contributed by atoms with van der Waals surface area (Å²) >= 11 is 0. The topological polar surface area (TPSA) is 41.3 Å². The summed E-state index contributed by atoms with van der Waals surface area (Å²) in [6.07, 6.45) is 1.70. The van der Waals surface area contributed by atoms with Gasteiger partial charge in [0.25, 0.3) is 6.01 Å². The molecule has 15 heavy (non-hydrogen) atoms. The molecule has 0 atom stereocenters. The smallest absolute Gasteiger partial charge is 0.297 e. The average Bonchev–Trinajstić information content (AvgIpc) is 2.50. The molecule has 0 aliphatic carbocycles. The summed E-state index contributed by atoms with van der Waals surface area (Å²) in [4.78, 5) is 6.42. The standard InChI is InChI=1S/C11H21N3O/c1-11(2,3)8-14(5)10-13-9(6-12-4)7-15-10/h7,12H,6,8H2,1-5H3. The van der Waals surface area contributed by atoms with Gasteiger partial charge in [-0.25, -0.2) is 0 Å². The van der Waals surface area contributed by atoms with Gasteiger partial charge < -0.3 is 14.6 Å². The fourth-order valence-electron chi connectivity index (χ4n) is 1.51. The highest BCUT2D eigenvalue weighted by atomic mass is 16.4. The van der Waals surface area contributed by atoms with Crippen LogP contribution in [-0.2, 0) is 6.54 Å². The highest BCUT2D eigenvalue weighted by Gasteiger charge is 2.17. The second-order valence-electron chi connectivity index (χ2n) is 5.07. The number of hydrogen-bond acceptors (Lipinski definition) is 4. The van der Waals surface area contributed by atoms with E-state index in [1.54, 1.807) is 6.26 Å². The Morgan fingerprint density at radius 1 is 1.47 bits per heavy atom. The molecule has 0 saturated carbocycles. The van der Waals surface area contributed by atoms with E-state index in [9.17, 15) is 0 Å². The lowest BCUT2D eigenvalue weighted by atomic mass is 9.96. The highest BCUT2D eigenvalue weighted by molar-refractivity contribution is 5.25. The van der Waals surface area contributed by atoms with Crippen LogP contribution in [0.3, 0.4) is 0 Å². The normalized spacial score (nSPS) is 11.8. The van der Waals surface area contributed by atoms with Crippen molar-refractivity contribution in [2.24, 2.45) is 5.41 Å². The third kappa shape index (κ3) is 3.91. The molecule has 1 heterocycles. The number of nitrogens with zero attached hydrogens (tertiary/aromatic N) is 2. The summed E-state index contributed by atoms with van der Waals surface area (Å²) in [6.45, 7) is 8.25. The molecule has 0 radical (unpaired) electrons. The van der Waals surface area contributed by atoms with Crippen LogP contribution in [0.4, 0.5) is 6.01 Å². The van der Waals surface area contributed by atoms with Gasteiger partial charge in [0.2, 0.25) is 0 Å². The Kier molecular flexibility index (Phi) is 3.74. The van der Waals surface area contributed by atoms with Crippen molar-refractivity contribution in [1.82, 2.24) is 10.3 Å². The molecule has 1 rings (SSSR count). The summed E-state index contributed by atoms with van der Waals surface area (Å²) in [5, 5.41) is 3.04. The SMILES string of the molecule is CNCc1coc(N(C)CC(C)(C)C)n1. The minimum atomic E-state index is 0.242. The van der Waals surface area contributed by atoms with Crippen molar-refractivity contribution in [3.8, 4) is 0 Å². The maximum atomic E-state index is 5.40. The van der Waals surface area contributed by atoms with Crippen LogP contribution in [-0.4, -0.2) is 25.6 Å². The molecule has 0 aliphatic heterocycles. The molecule has 1 aromatic rings. The van der Waals surface area contributed by atoms with E-state index in [4.69, 9.17) is 4.42 Å². The van der Waals surface area contributed by atoms with Gasteiger partial charge in [-0.1, -0.05) is 20.8 Å². The molecule has 0 saturated heterocycles. The van der Waals surface area contributed by atoms with E-state index in [-0.39, 0.29) is 5.41 Å². The Hall–Kier alpha value is -1.03. The summed E-state index contributed by atoms with van der Waals surface area (Å²) in [5.74, 6) is 0. The summed E-state index contributed by atoms with van der Waals surface area (Å²) in [5.41, 5.74) is 1.18. The second kappa shape index (κ2) is 4.66.